The van der Waals surface area contributed by atoms with Crippen LogP contribution < -0.4 is 0 Å². The minimum Gasteiger partial charge on any atom is -0.440 e. The van der Waals surface area contributed by atoms with Gasteiger partial charge in [0.25, 0.3) is 10.0 Å². The van der Waals surface area contributed by atoms with Crippen LogP contribution in [0.2, 0.25) is 0 Å². The maximum absolute atomic E-state index is 12.8. The fourth-order valence-electron chi connectivity index (χ4n) is 2.21. The molecule has 0 saturated carbocycles. The number of furan rings is 1. The molecule has 134 valence electrons. The molecule has 0 aliphatic rings. The normalized spacial score (nSPS) is 13.5. The molecule has 0 spiro atoms. The highest BCUT2D eigenvalue weighted by Crippen LogP contribution is 2.31. The van der Waals surface area contributed by atoms with E-state index in [-0.39, 0.29) is 11.0 Å². The third-order valence-corrected chi connectivity index (χ3v) is 5.84. The van der Waals surface area contributed by atoms with E-state index in [0.29, 0.717) is 23.0 Å². The van der Waals surface area contributed by atoms with E-state index in [9.17, 15) is 8.42 Å². The van der Waals surface area contributed by atoms with Gasteiger partial charge in [-0.25, -0.2) is 8.42 Å². The van der Waals surface area contributed by atoms with Crippen molar-refractivity contribution in [2.24, 2.45) is 0 Å². The Kier molecular flexibility index (Phi) is 4.25. The van der Waals surface area contributed by atoms with Crippen molar-refractivity contribution >= 4 is 10.0 Å². The minimum absolute atomic E-state index is 0.206. The van der Waals surface area contributed by atoms with Gasteiger partial charge in [0.05, 0.1) is 5.69 Å². The van der Waals surface area contributed by atoms with Crippen molar-refractivity contribution in [1.29, 1.82) is 0 Å². The number of aryl methyl sites for hydroxylation is 2. The number of sulfonamides is 1. The Morgan fingerprint density at radius 1 is 1.12 bits per heavy atom. The van der Waals surface area contributed by atoms with Crippen LogP contribution in [0.3, 0.4) is 0 Å². The zero-order valence-electron chi connectivity index (χ0n) is 14.5. The Bertz CT molecular complexity index is 1000. The fraction of sp³-hybridized carbons (Fsp3) is 0.400. The lowest BCUT2D eigenvalue weighted by atomic mass is 10.2. The molecule has 3 heterocycles. The molecular weight excluding hydrogens is 348 g/mol. The van der Waals surface area contributed by atoms with Gasteiger partial charge in [-0.1, -0.05) is 10.3 Å². The lowest BCUT2D eigenvalue weighted by molar-refractivity contribution is 0.285. The molecule has 0 fully saturated rings. The maximum Gasteiger partial charge on any atom is 0.276 e. The summed E-state index contributed by atoms with van der Waals surface area (Å²) in [5.41, 5.74) is 1.51. The number of aromatic nitrogens is 3. The summed E-state index contributed by atoms with van der Waals surface area (Å²) < 4.78 is 42.4. The molecule has 0 aliphatic heterocycles. The van der Waals surface area contributed by atoms with Crippen molar-refractivity contribution in [3.05, 3.63) is 35.1 Å². The van der Waals surface area contributed by atoms with Crippen molar-refractivity contribution in [2.45, 2.75) is 38.8 Å². The first-order chi connectivity index (χ1) is 11.7. The van der Waals surface area contributed by atoms with Crippen molar-refractivity contribution in [1.82, 2.24) is 19.6 Å². The molecule has 3 aromatic heterocycles. The van der Waals surface area contributed by atoms with E-state index >= 15 is 0 Å². The second-order valence-corrected chi connectivity index (χ2v) is 7.65. The van der Waals surface area contributed by atoms with Crippen LogP contribution in [0.4, 0.5) is 0 Å². The molecular formula is C15H18N4O5S. The van der Waals surface area contributed by atoms with Crippen LogP contribution in [-0.4, -0.2) is 35.1 Å². The van der Waals surface area contributed by atoms with Crippen LogP contribution in [-0.2, 0) is 10.0 Å². The summed E-state index contributed by atoms with van der Waals surface area (Å²) in [6.45, 7) is 6.93. The van der Waals surface area contributed by atoms with Crippen LogP contribution in [0.1, 0.15) is 35.9 Å². The van der Waals surface area contributed by atoms with Gasteiger partial charge in [0.2, 0.25) is 16.7 Å². The average molecular weight is 366 g/mol. The van der Waals surface area contributed by atoms with Gasteiger partial charge in [-0.2, -0.15) is 9.29 Å². The Hall–Kier alpha value is -2.46. The highest BCUT2D eigenvalue weighted by atomic mass is 32.2. The molecule has 0 aromatic carbocycles. The standard InChI is InChI=1S/C15H18N4O5S/c1-8-9(2)17-23-14(8)12-6-7-13(22-12)25(20,21)19(5)10(3)15-16-11(4)18-24-15/h6-7,10H,1-5H3. The zero-order valence-corrected chi connectivity index (χ0v) is 15.3. The van der Waals surface area contributed by atoms with Crippen LogP contribution >= 0.6 is 0 Å². The van der Waals surface area contributed by atoms with Gasteiger partial charge < -0.3 is 13.5 Å². The summed E-state index contributed by atoms with van der Waals surface area (Å²) >= 11 is 0. The largest absolute Gasteiger partial charge is 0.440 e. The molecule has 1 unspecified atom stereocenters. The predicted octanol–water partition coefficient (Wildman–Crippen LogP) is 2.62. The predicted molar refractivity (Wildman–Crippen MR) is 86.1 cm³/mol. The molecule has 9 nitrogen and oxygen atoms in total. The van der Waals surface area contributed by atoms with E-state index in [4.69, 9.17) is 13.5 Å². The van der Waals surface area contributed by atoms with Crippen molar-refractivity contribution in [2.75, 3.05) is 7.05 Å². The number of hydrogen-bond donors (Lipinski definition) is 0. The third kappa shape index (κ3) is 2.98. The van der Waals surface area contributed by atoms with Gasteiger partial charge in [-0.05, 0) is 39.8 Å². The molecule has 25 heavy (non-hydrogen) atoms. The summed E-state index contributed by atoms with van der Waals surface area (Å²) in [6.07, 6.45) is 0. The lowest BCUT2D eigenvalue weighted by Crippen LogP contribution is -2.29. The van der Waals surface area contributed by atoms with Crippen molar-refractivity contribution < 1.29 is 21.9 Å². The molecule has 10 heteroatoms. The highest BCUT2D eigenvalue weighted by molar-refractivity contribution is 7.89. The number of hydrogen-bond acceptors (Lipinski definition) is 8. The van der Waals surface area contributed by atoms with Crippen LogP contribution in [0, 0.1) is 20.8 Å². The van der Waals surface area contributed by atoms with Crippen LogP contribution in [0.25, 0.3) is 11.5 Å². The Morgan fingerprint density at radius 3 is 2.40 bits per heavy atom. The summed E-state index contributed by atoms with van der Waals surface area (Å²) in [7, 11) is -2.47. The Morgan fingerprint density at radius 2 is 1.84 bits per heavy atom. The quantitative estimate of drug-likeness (QED) is 0.676. The molecule has 0 aliphatic carbocycles. The maximum atomic E-state index is 12.8. The van der Waals surface area contributed by atoms with Crippen molar-refractivity contribution in [3.8, 4) is 11.5 Å². The van der Waals surface area contributed by atoms with Gasteiger partial charge in [-0.3, -0.25) is 0 Å². The topological polar surface area (TPSA) is 115 Å². The molecule has 0 amide bonds. The summed E-state index contributed by atoms with van der Waals surface area (Å²) in [5.74, 6) is 1.34. The summed E-state index contributed by atoms with van der Waals surface area (Å²) in [4.78, 5) is 4.07. The molecule has 1 atom stereocenters. The smallest absolute Gasteiger partial charge is 0.276 e. The van der Waals surface area contributed by atoms with Crippen molar-refractivity contribution in [3.63, 3.8) is 0 Å². The van der Waals surface area contributed by atoms with E-state index in [1.54, 1.807) is 20.8 Å². The summed E-state index contributed by atoms with van der Waals surface area (Å²) in [5, 5.41) is 7.32. The van der Waals surface area contributed by atoms with Gasteiger partial charge >= 0.3 is 0 Å². The molecule has 0 bridgehead atoms. The fourth-order valence-corrected chi connectivity index (χ4v) is 3.44. The highest BCUT2D eigenvalue weighted by Gasteiger charge is 2.32. The monoisotopic (exact) mass is 366 g/mol. The van der Waals surface area contributed by atoms with E-state index in [1.165, 1.54) is 19.2 Å². The third-order valence-electron chi connectivity index (χ3n) is 4.04. The minimum atomic E-state index is -3.89. The second kappa shape index (κ2) is 6.12. The van der Waals surface area contributed by atoms with Crippen LogP contribution in [0.5, 0.6) is 0 Å². The van der Waals surface area contributed by atoms with Gasteiger partial charge in [0.1, 0.15) is 6.04 Å². The molecule has 0 saturated heterocycles. The average Bonchev–Trinajstić information content (AvgIpc) is 3.28. The van der Waals surface area contributed by atoms with E-state index < -0.39 is 16.1 Å². The van der Waals surface area contributed by atoms with E-state index in [1.807, 2.05) is 6.92 Å². The Balaban J connectivity index is 1.91. The van der Waals surface area contributed by atoms with Crippen LogP contribution in [0.15, 0.2) is 30.7 Å². The molecule has 3 rings (SSSR count). The first-order valence-corrected chi connectivity index (χ1v) is 8.97. The summed E-state index contributed by atoms with van der Waals surface area (Å²) in [6, 6.07) is 2.27. The first-order valence-electron chi connectivity index (χ1n) is 7.53. The number of nitrogens with zero attached hydrogens (tertiary/aromatic N) is 4. The Labute approximate surface area is 144 Å². The molecule has 0 N–H and O–H groups in total. The first kappa shape index (κ1) is 17.4. The molecule has 3 aromatic rings. The molecule has 0 radical (unpaired) electrons. The van der Waals surface area contributed by atoms with Gasteiger partial charge in [0, 0.05) is 12.6 Å². The SMILES string of the molecule is Cc1noc(C(C)N(C)S(=O)(=O)c2ccc(-c3onc(C)c3C)o2)n1. The number of rotatable bonds is 5. The zero-order chi connectivity index (χ0) is 18.4. The van der Waals surface area contributed by atoms with E-state index in [2.05, 4.69) is 15.3 Å². The second-order valence-electron chi connectivity index (χ2n) is 5.72. The van der Waals surface area contributed by atoms with E-state index in [0.717, 1.165) is 9.87 Å². The lowest BCUT2D eigenvalue weighted by Gasteiger charge is -2.19. The van der Waals surface area contributed by atoms with Gasteiger partial charge in [0.15, 0.2) is 11.6 Å². The van der Waals surface area contributed by atoms with Gasteiger partial charge in [-0.15, -0.1) is 0 Å².